The Kier molecular flexibility index (Phi) is 3.22. The smallest absolute Gasteiger partial charge is 0.456 e. The Morgan fingerprint density at radius 3 is 2.22 bits per heavy atom. The van der Waals surface area contributed by atoms with Crippen LogP contribution in [0.25, 0.3) is 21.9 Å². The van der Waals surface area contributed by atoms with Gasteiger partial charge in [-0.2, -0.15) is 0 Å². The summed E-state index contributed by atoms with van der Waals surface area (Å²) in [6.45, 7) is 8.24. The van der Waals surface area contributed by atoms with Crippen LogP contribution in [0, 0.1) is 0 Å². The Hall–Kier alpha value is -1.30. The number of furan rings is 1. The summed E-state index contributed by atoms with van der Waals surface area (Å²) in [4.78, 5) is 0. The summed E-state index contributed by atoms with van der Waals surface area (Å²) in [6.07, 6.45) is 0. The first-order valence-corrected chi connectivity index (χ1v) is 8.53. The molecule has 4 rings (SSSR count). The lowest BCUT2D eigenvalue weighted by Crippen LogP contribution is -2.41. The van der Waals surface area contributed by atoms with Crippen molar-refractivity contribution in [2.75, 3.05) is 0 Å². The van der Waals surface area contributed by atoms with Gasteiger partial charge in [0.1, 0.15) is 11.2 Å². The van der Waals surface area contributed by atoms with Crippen molar-refractivity contribution in [1.29, 1.82) is 0 Å². The number of benzene rings is 2. The molecule has 0 spiro atoms. The summed E-state index contributed by atoms with van der Waals surface area (Å²) in [5.74, 6) is 0. The van der Waals surface area contributed by atoms with Gasteiger partial charge >= 0.3 is 7.12 Å². The highest BCUT2D eigenvalue weighted by atomic mass is 79.9. The van der Waals surface area contributed by atoms with E-state index in [9.17, 15) is 0 Å². The Balaban J connectivity index is 1.80. The molecule has 3 nitrogen and oxygen atoms in total. The van der Waals surface area contributed by atoms with Gasteiger partial charge in [0.15, 0.2) is 0 Å². The van der Waals surface area contributed by atoms with Gasteiger partial charge in [-0.15, -0.1) is 0 Å². The van der Waals surface area contributed by atoms with Crippen molar-refractivity contribution in [3.8, 4) is 0 Å². The van der Waals surface area contributed by atoms with Crippen LogP contribution in [-0.4, -0.2) is 18.3 Å². The molecule has 1 aromatic heterocycles. The Bertz CT molecular complexity index is 897. The molecule has 0 amide bonds. The third-order valence-electron chi connectivity index (χ3n) is 4.98. The van der Waals surface area contributed by atoms with Crippen LogP contribution in [0.4, 0.5) is 0 Å². The van der Waals surface area contributed by atoms with E-state index in [1.165, 1.54) is 0 Å². The number of hydrogen-bond acceptors (Lipinski definition) is 3. The van der Waals surface area contributed by atoms with Gasteiger partial charge in [-0.25, -0.2) is 0 Å². The predicted octanol–water partition coefficient (Wildman–Crippen LogP) is 4.65. The predicted molar refractivity (Wildman–Crippen MR) is 97.1 cm³/mol. The second-order valence-electron chi connectivity index (χ2n) is 7.09. The lowest BCUT2D eigenvalue weighted by molar-refractivity contribution is 0.00578. The fraction of sp³-hybridized carbons (Fsp3) is 0.333. The van der Waals surface area contributed by atoms with Crippen LogP contribution >= 0.6 is 15.9 Å². The second kappa shape index (κ2) is 4.85. The zero-order valence-electron chi connectivity index (χ0n) is 13.6. The first-order chi connectivity index (χ1) is 10.8. The van der Waals surface area contributed by atoms with Crippen LogP contribution in [0.1, 0.15) is 27.7 Å². The largest absolute Gasteiger partial charge is 0.494 e. The van der Waals surface area contributed by atoms with Crippen molar-refractivity contribution in [2.45, 2.75) is 38.9 Å². The maximum Gasteiger partial charge on any atom is 0.494 e. The quantitative estimate of drug-likeness (QED) is 0.583. The monoisotopic (exact) mass is 372 g/mol. The summed E-state index contributed by atoms with van der Waals surface area (Å²) in [7, 11) is -0.371. The van der Waals surface area contributed by atoms with Crippen LogP contribution in [0.15, 0.2) is 45.3 Å². The highest BCUT2D eigenvalue weighted by Crippen LogP contribution is 2.37. The molecule has 0 atom stereocenters. The van der Waals surface area contributed by atoms with E-state index in [4.69, 9.17) is 13.7 Å². The molecule has 2 aromatic carbocycles. The van der Waals surface area contributed by atoms with Crippen molar-refractivity contribution in [2.24, 2.45) is 0 Å². The van der Waals surface area contributed by atoms with Gasteiger partial charge in [0, 0.05) is 15.2 Å². The SMILES string of the molecule is CC1(C)OB(c2ccc3c(c2)oc2ccc(Br)cc23)OC1(C)C. The molecule has 0 unspecified atom stereocenters. The zero-order valence-corrected chi connectivity index (χ0v) is 15.2. The molecule has 1 aliphatic rings. The van der Waals surface area contributed by atoms with Crippen LogP contribution in [-0.2, 0) is 9.31 Å². The second-order valence-corrected chi connectivity index (χ2v) is 8.00. The van der Waals surface area contributed by atoms with E-state index in [1.54, 1.807) is 0 Å². The Morgan fingerprint density at radius 2 is 1.52 bits per heavy atom. The average molecular weight is 373 g/mol. The normalized spacial score (nSPS) is 19.8. The molecule has 0 saturated carbocycles. The minimum absolute atomic E-state index is 0.342. The minimum atomic E-state index is -0.371. The van der Waals surface area contributed by atoms with Crippen molar-refractivity contribution in [1.82, 2.24) is 0 Å². The van der Waals surface area contributed by atoms with Gasteiger partial charge < -0.3 is 13.7 Å². The zero-order chi connectivity index (χ0) is 16.4. The van der Waals surface area contributed by atoms with E-state index in [1.807, 2.05) is 18.2 Å². The third kappa shape index (κ3) is 2.33. The molecular formula is C18H18BBrO3. The standard InChI is InChI=1S/C18H18BBrO3/c1-17(2)18(3,4)23-19(22-17)11-5-7-13-14-10-12(20)6-8-15(14)21-16(13)9-11/h5-10H,1-4H3. The van der Waals surface area contributed by atoms with Gasteiger partial charge in [0.05, 0.1) is 11.2 Å². The fourth-order valence-electron chi connectivity index (χ4n) is 2.89. The number of fused-ring (bicyclic) bond motifs is 3. The molecule has 0 N–H and O–H groups in total. The molecule has 2 heterocycles. The number of halogens is 1. The van der Waals surface area contributed by atoms with Crippen molar-refractivity contribution in [3.05, 3.63) is 40.9 Å². The molecular weight excluding hydrogens is 355 g/mol. The molecule has 23 heavy (non-hydrogen) atoms. The fourth-order valence-corrected chi connectivity index (χ4v) is 3.25. The van der Waals surface area contributed by atoms with Crippen molar-refractivity contribution < 1.29 is 13.7 Å². The highest BCUT2D eigenvalue weighted by molar-refractivity contribution is 9.10. The maximum atomic E-state index is 6.12. The molecule has 0 radical (unpaired) electrons. The van der Waals surface area contributed by atoms with Gasteiger partial charge in [0.25, 0.3) is 0 Å². The van der Waals surface area contributed by atoms with Gasteiger partial charge in [-0.1, -0.05) is 28.1 Å². The summed E-state index contributed by atoms with van der Waals surface area (Å²) >= 11 is 3.51. The van der Waals surface area contributed by atoms with Gasteiger partial charge in [-0.05, 0) is 57.4 Å². The van der Waals surface area contributed by atoms with Crippen LogP contribution in [0.2, 0.25) is 0 Å². The Labute approximate surface area is 144 Å². The summed E-state index contributed by atoms with van der Waals surface area (Å²) in [5.41, 5.74) is 2.03. The maximum absolute atomic E-state index is 6.12. The molecule has 0 aliphatic carbocycles. The van der Waals surface area contributed by atoms with Crippen LogP contribution in [0.5, 0.6) is 0 Å². The first-order valence-electron chi connectivity index (χ1n) is 7.74. The van der Waals surface area contributed by atoms with E-state index >= 15 is 0 Å². The number of hydrogen-bond donors (Lipinski definition) is 0. The van der Waals surface area contributed by atoms with E-state index in [0.717, 1.165) is 31.9 Å². The highest BCUT2D eigenvalue weighted by Gasteiger charge is 2.51. The Morgan fingerprint density at radius 1 is 0.826 bits per heavy atom. The lowest BCUT2D eigenvalue weighted by atomic mass is 9.79. The minimum Gasteiger partial charge on any atom is -0.456 e. The molecule has 1 fully saturated rings. The molecule has 3 aromatic rings. The van der Waals surface area contributed by atoms with E-state index in [2.05, 4.69) is 61.8 Å². The van der Waals surface area contributed by atoms with E-state index < -0.39 is 0 Å². The van der Waals surface area contributed by atoms with Crippen molar-refractivity contribution >= 4 is 50.4 Å². The van der Waals surface area contributed by atoms with Crippen LogP contribution < -0.4 is 5.46 Å². The molecule has 5 heteroatoms. The summed E-state index contributed by atoms with van der Waals surface area (Å²) in [5, 5.41) is 2.21. The van der Waals surface area contributed by atoms with E-state index in [0.29, 0.717) is 0 Å². The summed E-state index contributed by atoms with van der Waals surface area (Å²) in [6, 6.07) is 12.2. The van der Waals surface area contributed by atoms with Crippen LogP contribution in [0.3, 0.4) is 0 Å². The van der Waals surface area contributed by atoms with Gasteiger partial charge in [-0.3, -0.25) is 0 Å². The number of rotatable bonds is 1. The molecule has 118 valence electrons. The first kappa shape index (κ1) is 15.2. The third-order valence-corrected chi connectivity index (χ3v) is 5.48. The molecule has 1 aliphatic heterocycles. The lowest BCUT2D eigenvalue weighted by Gasteiger charge is -2.32. The van der Waals surface area contributed by atoms with Crippen molar-refractivity contribution in [3.63, 3.8) is 0 Å². The van der Waals surface area contributed by atoms with E-state index in [-0.39, 0.29) is 18.3 Å². The topological polar surface area (TPSA) is 31.6 Å². The average Bonchev–Trinajstić information content (AvgIpc) is 2.92. The molecule has 0 bridgehead atoms. The summed E-state index contributed by atoms with van der Waals surface area (Å²) < 4.78 is 19.3. The van der Waals surface area contributed by atoms with Gasteiger partial charge in [0.2, 0.25) is 0 Å². The molecule has 1 saturated heterocycles.